The van der Waals surface area contributed by atoms with E-state index < -0.39 is 11.6 Å². The summed E-state index contributed by atoms with van der Waals surface area (Å²) in [6, 6.07) is 3.27. The number of rotatable bonds is 1. The van der Waals surface area contributed by atoms with Gasteiger partial charge in [-0.3, -0.25) is 0 Å². The quantitative estimate of drug-likeness (QED) is 0.695. The summed E-state index contributed by atoms with van der Waals surface area (Å²) in [6.07, 6.45) is 0. The van der Waals surface area contributed by atoms with Crippen LogP contribution in [0.15, 0.2) is 21.3 Å². The molecule has 0 N–H and O–H groups in total. The Morgan fingerprint density at radius 1 is 1.47 bits per heavy atom. The Morgan fingerprint density at radius 3 is 2.87 bits per heavy atom. The molecule has 0 aliphatic carbocycles. The number of aryl methyl sites for hydroxylation is 1. The number of methoxy groups -OCH3 is 1. The maximum atomic E-state index is 11.4. The molecule has 0 saturated carbocycles. The van der Waals surface area contributed by atoms with Gasteiger partial charge in [-0.2, -0.15) is 0 Å². The number of hydrogen-bond donors (Lipinski definition) is 0. The summed E-state index contributed by atoms with van der Waals surface area (Å²) in [6.45, 7) is 1.91. The van der Waals surface area contributed by atoms with Crippen molar-refractivity contribution < 1.29 is 13.9 Å². The van der Waals surface area contributed by atoms with Crippen molar-refractivity contribution in [3.05, 3.63) is 33.0 Å². The molecule has 0 radical (unpaired) electrons. The highest BCUT2D eigenvalue weighted by Crippen LogP contribution is 2.24. The van der Waals surface area contributed by atoms with Crippen molar-refractivity contribution in [3.8, 4) is 0 Å². The van der Waals surface area contributed by atoms with Crippen LogP contribution in [0.25, 0.3) is 10.3 Å². The lowest BCUT2D eigenvalue weighted by Gasteiger charge is -1.96. The van der Waals surface area contributed by atoms with Crippen molar-refractivity contribution in [3.63, 3.8) is 0 Å². The number of esters is 1. The lowest BCUT2D eigenvalue weighted by atomic mass is 10.3. The molecule has 5 heteroatoms. The summed E-state index contributed by atoms with van der Waals surface area (Å²) < 4.78 is 10.2. The van der Waals surface area contributed by atoms with Gasteiger partial charge in [0.15, 0.2) is 0 Å². The van der Waals surface area contributed by atoms with Gasteiger partial charge in [0.05, 0.1) is 11.8 Å². The zero-order valence-corrected chi connectivity index (χ0v) is 9.01. The lowest BCUT2D eigenvalue weighted by Crippen LogP contribution is -2.14. The predicted molar refractivity (Wildman–Crippen MR) is 56.4 cm³/mol. The second-order valence-electron chi connectivity index (χ2n) is 3.02. The highest BCUT2D eigenvalue weighted by atomic mass is 32.1. The summed E-state index contributed by atoms with van der Waals surface area (Å²) in [5.74, 6) is -0.670. The maximum Gasteiger partial charge on any atom is 0.351 e. The van der Waals surface area contributed by atoms with Crippen LogP contribution in [-0.4, -0.2) is 13.1 Å². The van der Waals surface area contributed by atoms with Crippen LogP contribution in [0.1, 0.15) is 15.2 Å². The van der Waals surface area contributed by atoms with E-state index in [1.54, 1.807) is 6.07 Å². The standard InChI is InChI=1S/C10H8O4S/c1-5-3-7-8(15-5)4-6(9(11)13-2)10(12)14-7/h3-4H,1-2H3. The molecule has 0 atom stereocenters. The SMILES string of the molecule is COC(=O)c1cc2sc(C)cc2oc1=O. The molecular formula is C10H8O4S. The van der Waals surface area contributed by atoms with E-state index in [1.807, 2.05) is 6.92 Å². The van der Waals surface area contributed by atoms with Crippen molar-refractivity contribution in [2.75, 3.05) is 7.11 Å². The molecule has 4 nitrogen and oxygen atoms in total. The minimum absolute atomic E-state index is 0.0631. The van der Waals surface area contributed by atoms with E-state index in [-0.39, 0.29) is 5.56 Å². The van der Waals surface area contributed by atoms with Crippen molar-refractivity contribution in [2.45, 2.75) is 6.92 Å². The fourth-order valence-electron chi connectivity index (χ4n) is 1.29. The fraction of sp³-hybridized carbons (Fsp3) is 0.200. The Balaban J connectivity index is 2.71. The van der Waals surface area contributed by atoms with Crippen LogP contribution in [0, 0.1) is 6.92 Å². The zero-order valence-electron chi connectivity index (χ0n) is 8.20. The van der Waals surface area contributed by atoms with Crippen molar-refractivity contribution >= 4 is 27.6 Å². The van der Waals surface area contributed by atoms with Crippen LogP contribution in [-0.2, 0) is 4.74 Å². The number of carbonyl (C=O) groups excluding carboxylic acids is 1. The van der Waals surface area contributed by atoms with Crippen molar-refractivity contribution in [1.29, 1.82) is 0 Å². The Hall–Kier alpha value is -1.62. The molecule has 15 heavy (non-hydrogen) atoms. The molecular weight excluding hydrogens is 216 g/mol. The number of carbonyl (C=O) groups is 1. The average molecular weight is 224 g/mol. The highest BCUT2D eigenvalue weighted by Gasteiger charge is 2.14. The normalized spacial score (nSPS) is 10.5. The molecule has 2 aromatic rings. The fourth-order valence-corrected chi connectivity index (χ4v) is 2.18. The summed E-state index contributed by atoms with van der Waals surface area (Å²) >= 11 is 1.46. The molecule has 0 fully saturated rings. The first-order valence-corrected chi connectivity index (χ1v) is 5.06. The first-order chi connectivity index (χ1) is 7.11. The van der Waals surface area contributed by atoms with E-state index in [0.717, 1.165) is 9.58 Å². The summed E-state index contributed by atoms with van der Waals surface area (Å²) in [4.78, 5) is 23.6. The highest BCUT2D eigenvalue weighted by molar-refractivity contribution is 7.18. The zero-order chi connectivity index (χ0) is 11.0. The molecule has 0 spiro atoms. The third kappa shape index (κ3) is 1.66. The van der Waals surface area contributed by atoms with Crippen molar-refractivity contribution in [1.82, 2.24) is 0 Å². The van der Waals surface area contributed by atoms with Crippen LogP contribution >= 0.6 is 11.3 Å². The van der Waals surface area contributed by atoms with Gasteiger partial charge in [-0.25, -0.2) is 9.59 Å². The van der Waals surface area contributed by atoms with Gasteiger partial charge in [0.25, 0.3) is 0 Å². The molecule has 2 aromatic heterocycles. The largest absolute Gasteiger partial charge is 0.465 e. The van der Waals surface area contributed by atoms with Crippen LogP contribution in [0.4, 0.5) is 0 Å². The van der Waals surface area contributed by atoms with Crippen LogP contribution in [0.3, 0.4) is 0 Å². The van der Waals surface area contributed by atoms with Crippen molar-refractivity contribution in [2.24, 2.45) is 0 Å². The minimum Gasteiger partial charge on any atom is -0.465 e. The minimum atomic E-state index is -0.670. The predicted octanol–water partition coefficient (Wildman–Crippen LogP) is 1.95. The topological polar surface area (TPSA) is 56.5 Å². The number of hydrogen-bond acceptors (Lipinski definition) is 5. The smallest absolute Gasteiger partial charge is 0.351 e. The Labute approximate surface area is 89.1 Å². The van der Waals surface area contributed by atoms with Gasteiger partial charge in [-0.1, -0.05) is 0 Å². The van der Waals surface area contributed by atoms with Gasteiger partial charge in [0, 0.05) is 4.88 Å². The molecule has 0 aliphatic heterocycles. The van der Waals surface area contributed by atoms with Gasteiger partial charge in [-0.05, 0) is 19.1 Å². The van der Waals surface area contributed by atoms with Crippen LogP contribution in [0.2, 0.25) is 0 Å². The Kier molecular flexibility index (Phi) is 2.32. The van der Waals surface area contributed by atoms with Crippen LogP contribution < -0.4 is 5.63 Å². The van der Waals surface area contributed by atoms with E-state index >= 15 is 0 Å². The molecule has 0 amide bonds. The second kappa shape index (κ2) is 3.51. The molecule has 78 valence electrons. The summed E-state index contributed by atoms with van der Waals surface area (Å²) in [5, 5.41) is 0. The van der Waals surface area contributed by atoms with E-state index in [4.69, 9.17) is 4.42 Å². The Bertz CT molecular complexity index is 579. The summed E-state index contributed by atoms with van der Waals surface area (Å²) in [7, 11) is 1.23. The number of fused-ring (bicyclic) bond motifs is 1. The number of ether oxygens (including phenoxy) is 1. The van der Waals surface area contributed by atoms with Gasteiger partial charge in [0.1, 0.15) is 11.1 Å². The van der Waals surface area contributed by atoms with E-state index in [1.165, 1.54) is 24.5 Å². The lowest BCUT2D eigenvalue weighted by molar-refractivity contribution is 0.0596. The maximum absolute atomic E-state index is 11.4. The van der Waals surface area contributed by atoms with E-state index in [0.29, 0.717) is 5.58 Å². The van der Waals surface area contributed by atoms with E-state index in [9.17, 15) is 9.59 Å². The van der Waals surface area contributed by atoms with Gasteiger partial charge < -0.3 is 9.15 Å². The Morgan fingerprint density at radius 2 is 2.20 bits per heavy atom. The average Bonchev–Trinajstić information content (AvgIpc) is 2.55. The first kappa shape index (κ1) is 9.92. The molecule has 0 unspecified atom stereocenters. The molecule has 0 aromatic carbocycles. The monoisotopic (exact) mass is 224 g/mol. The molecule has 0 bridgehead atoms. The number of thiophene rings is 1. The molecule has 2 rings (SSSR count). The first-order valence-electron chi connectivity index (χ1n) is 4.24. The second-order valence-corrected chi connectivity index (χ2v) is 4.31. The molecule has 2 heterocycles. The van der Waals surface area contributed by atoms with Gasteiger partial charge >= 0.3 is 11.6 Å². The van der Waals surface area contributed by atoms with E-state index in [2.05, 4.69) is 4.74 Å². The third-order valence-electron chi connectivity index (χ3n) is 1.95. The third-order valence-corrected chi connectivity index (χ3v) is 2.93. The van der Waals surface area contributed by atoms with Crippen LogP contribution in [0.5, 0.6) is 0 Å². The molecule has 0 aliphatic rings. The summed E-state index contributed by atoms with van der Waals surface area (Å²) in [5.41, 5.74) is -0.214. The van der Waals surface area contributed by atoms with Gasteiger partial charge in [-0.15, -0.1) is 11.3 Å². The molecule has 0 saturated heterocycles. The van der Waals surface area contributed by atoms with Gasteiger partial charge in [0.2, 0.25) is 0 Å².